The third-order valence-corrected chi connectivity index (χ3v) is 7.33. The molecule has 216 valence electrons. The van der Waals surface area contributed by atoms with Gasteiger partial charge in [-0.3, -0.25) is 19.5 Å². The van der Waals surface area contributed by atoms with E-state index in [-0.39, 0.29) is 36.6 Å². The Morgan fingerprint density at radius 1 is 0.900 bits per heavy atom. The minimum Gasteiger partial charge on any atom is -0.493 e. The fourth-order valence-electron chi connectivity index (χ4n) is 4.90. The van der Waals surface area contributed by atoms with Crippen molar-refractivity contribution >= 4 is 48.0 Å². The molecule has 40 heavy (non-hydrogen) atoms. The number of halogens is 2. The summed E-state index contributed by atoms with van der Waals surface area (Å²) in [6.07, 6.45) is 5.53. The van der Waals surface area contributed by atoms with Gasteiger partial charge in [-0.05, 0) is 68.5 Å². The Balaban J connectivity index is 0.00000280. The number of aryl methyl sites for hydroxylation is 1. The first-order valence-corrected chi connectivity index (χ1v) is 13.2. The van der Waals surface area contributed by atoms with Crippen molar-refractivity contribution < 1.29 is 14.3 Å². The van der Waals surface area contributed by atoms with Crippen molar-refractivity contribution in [1.82, 2.24) is 9.88 Å². The summed E-state index contributed by atoms with van der Waals surface area (Å²) in [5, 5.41) is 0. The van der Waals surface area contributed by atoms with E-state index in [0.717, 1.165) is 32.5 Å². The van der Waals surface area contributed by atoms with Crippen LogP contribution in [0.5, 0.6) is 5.75 Å². The zero-order valence-electron chi connectivity index (χ0n) is 23.9. The second-order valence-electron chi connectivity index (χ2n) is 10.5. The zero-order chi connectivity index (χ0) is 27.3. The van der Waals surface area contributed by atoms with Crippen LogP contribution in [0.4, 0.5) is 11.4 Å². The molecule has 0 spiro atoms. The Kier molecular flexibility index (Phi) is 12.0. The van der Waals surface area contributed by atoms with E-state index < -0.39 is 5.41 Å². The smallest absolute Gasteiger partial charge is 0.241 e. The number of carbonyl (C=O) groups excluding carboxylic acids is 2. The molecule has 7 nitrogen and oxygen atoms in total. The Morgan fingerprint density at radius 2 is 1.60 bits per heavy atom. The van der Waals surface area contributed by atoms with Gasteiger partial charge in [0.2, 0.25) is 11.8 Å². The molecule has 1 aliphatic heterocycles. The van der Waals surface area contributed by atoms with E-state index in [1.165, 1.54) is 16.7 Å². The molecule has 0 fully saturated rings. The third kappa shape index (κ3) is 7.53. The maximum Gasteiger partial charge on any atom is 0.241 e. The van der Waals surface area contributed by atoms with E-state index in [0.29, 0.717) is 23.7 Å². The monoisotopic (exact) mass is 586 g/mol. The van der Waals surface area contributed by atoms with Gasteiger partial charge < -0.3 is 14.5 Å². The number of nitrogens with zero attached hydrogens (tertiary/aromatic N) is 4. The molecular weight excluding hydrogens is 547 g/mol. The highest BCUT2D eigenvalue weighted by atomic mass is 35.5. The van der Waals surface area contributed by atoms with Crippen LogP contribution in [-0.2, 0) is 22.6 Å². The summed E-state index contributed by atoms with van der Waals surface area (Å²) in [6, 6.07) is 18.2. The lowest BCUT2D eigenvalue weighted by atomic mass is 9.90. The Bertz CT molecular complexity index is 1290. The van der Waals surface area contributed by atoms with Gasteiger partial charge in [0.15, 0.2) is 0 Å². The molecular formula is C31H40Cl2N4O3. The SMILES string of the molecule is Cc1ccccc1CN(CCCOc1ccc2c(c1)N(C)C(=O)C(C)(C)C(=O)N2C)CCc1cccnc1.Cl.Cl. The number of anilines is 2. The number of benzene rings is 2. The summed E-state index contributed by atoms with van der Waals surface area (Å²) >= 11 is 0. The van der Waals surface area contributed by atoms with E-state index in [1.54, 1.807) is 43.9 Å². The molecule has 1 aliphatic rings. The summed E-state index contributed by atoms with van der Waals surface area (Å²) < 4.78 is 6.12. The maximum absolute atomic E-state index is 13.0. The number of hydrogen-bond donors (Lipinski definition) is 0. The molecule has 0 unspecified atom stereocenters. The van der Waals surface area contributed by atoms with Crippen LogP contribution in [0.2, 0.25) is 0 Å². The van der Waals surface area contributed by atoms with Crippen LogP contribution in [0, 0.1) is 12.3 Å². The second kappa shape index (κ2) is 14.5. The standard InChI is InChI=1S/C31H38N4O3.2ClH/c1-23-10-6-7-12-25(23)22-35(18-15-24-11-8-16-32-21-24)17-9-19-38-26-13-14-27-28(20-26)34(5)30(37)31(2,3)29(36)33(27)4;;/h6-8,10-14,16,20-21H,9,15,17-19,22H2,1-5H3;2*1H. The van der Waals surface area contributed by atoms with Crippen molar-refractivity contribution in [1.29, 1.82) is 0 Å². The highest BCUT2D eigenvalue weighted by Gasteiger charge is 2.44. The Labute approximate surface area is 250 Å². The molecule has 2 amide bonds. The average Bonchev–Trinajstić information content (AvgIpc) is 2.97. The van der Waals surface area contributed by atoms with E-state index in [9.17, 15) is 9.59 Å². The number of carbonyl (C=O) groups is 2. The van der Waals surface area contributed by atoms with Crippen molar-refractivity contribution in [2.75, 3.05) is 43.6 Å². The number of fused-ring (bicyclic) bond motifs is 1. The number of amides is 2. The Hall–Kier alpha value is -3.13. The molecule has 0 saturated carbocycles. The molecule has 0 radical (unpaired) electrons. The number of aromatic nitrogens is 1. The van der Waals surface area contributed by atoms with Crippen LogP contribution in [0.25, 0.3) is 0 Å². The van der Waals surface area contributed by atoms with Gasteiger partial charge in [-0.25, -0.2) is 0 Å². The summed E-state index contributed by atoms with van der Waals surface area (Å²) in [5.41, 5.74) is 4.11. The molecule has 0 atom stereocenters. The number of pyridine rings is 1. The Morgan fingerprint density at radius 3 is 2.27 bits per heavy atom. The third-order valence-electron chi connectivity index (χ3n) is 7.33. The van der Waals surface area contributed by atoms with Gasteiger partial charge in [-0.1, -0.05) is 30.3 Å². The summed E-state index contributed by atoms with van der Waals surface area (Å²) in [7, 11) is 3.43. The largest absolute Gasteiger partial charge is 0.493 e. The van der Waals surface area contributed by atoms with Crippen LogP contribution >= 0.6 is 24.8 Å². The second-order valence-corrected chi connectivity index (χ2v) is 10.5. The van der Waals surface area contributed by atoms with Gasteiger partial charge in [0.1, 0.15) is 11.2 Å². The zero-order valence-corrected chi connectivity index (χ0v) is 25.6. The van der Waals surface area contributed by atoms with Crippen LogP contribution in [0.15, 0.2) is 67.0 Å². The number of hydrogen-bond acceptors (Lipinski definition) is 5. The van der Waals surface area contributed by atoms with E-state index in [4.69, 9.17) is 4.74 Å². The summed E-state index contributed by atoms with van der Waals surface area (Å²) in [6.45, 7) is 8.76. The normalized spacial score (nSPS) is 14.2. The summed E-state index contributed by atoms with van der Waals surface area (Å²) in [5.74, 6) is 0.234. The molecule has 0 N–H and O–H groups in total. The highest BCUT2D eigenvalue weighted by Crippen LogP contribution is 2.39. The lowest BCUT2D eigenvalue weighted by molar-refractivity contribution is -0.137. The highest BCUT2D eigenvalue weighted by molar-refractivity contribution is 6.19. The first kappa shape index (κ1) is 33.1. The van der Waals surface area contributed by atoms with Crippen molar-refractivity contribution in [2.24, 2.45) is 5.41 Å². The van der Waals surface area contributed by atoms with E-state index in [1.807, 2.05) is 30.5 Å². The predicted molar refractivity (Wildman–Crippen MR) is 166 cm³/mol. The molecule has 0 bridgehead atoms. The van der Waals surface area contributed by atoms with Gasteiger partial charge in [0, 0.05) is 52.2 Å². The fourth-order valence-corrected chi connectivity index (χ4v) is 4.90. The van der Waals surface area contributed by atoms with Crippen molar-refractivity contribution in [2.45, 2.75) is 40.2 Å². The molecule has 2 heterocycles. The van der Waals surface area contributed by atoms with Gasteiger partial charge in [-0.15, -0.1) is 24.8 Å². The lowest BCUT2D eigenvalue weighted by Gasteiger charge is -2.25. The van der Waals surface area contributed by atoms with Crippen molar-refractivity contribution in [3.8, 4) is 5.75 Å². The van der Waals surface area contributed by atoms with Gasteiger partial charge in [0.25, 0.3) is 0 Å². The van der Waals surface area contributed by atoms with Gasteiger partial charge >= 0.3 is 0 Å². The molecule has 0 aliphatic carbocycles. The molecule has 9 heteroatoms. The molecule has 0 saturated heterocycles. The minimum absolute atomic E-state index is 0. The van der Waals surface area contributed by atoms with E-state index in [2.05, 4.69) is 47.1 Å². The molecule has 3 aromatic rings. The average molecular weight is 588 g/mol. The van der Waals surface area contributed by atoms with Crippen LogP contribution in [-0.4, -0.2) is 55.5 Å². The number of rotatable bonds is 10. The van der Waals surface area contributed by atoms with Crippen LogP contribution in [0.1, 0.15) is 37.0 Å². The quantitative estimate of drug-likeness (QED) is 0.225. The first-order valence-electron chi connectivity index (χ1n) is 13.2. The predicted octanol–water partition coefficient (Wildman–Crippen LogP) is 5.71. The first-order chi connectivity index (χ1) is 18.2. The van der Waals surface area contributed by atoms with Gasteiger partial charge in [-0.2, -0.15) is 0 Å². The molecule has 2 aromatic carbocycles. The minimum atomic E-state index is -1.13. The summed E-state index contributed by atoms with van der Waals surface area (Å²) in [4.78, 5) is 35.7. The molecule has 1 aromatic heterocycles. The van der Waals surface area contributed by atoms with Gasteiger partial charge in [0.05, 0.1) is 18.0 Å². The van der Waals surface area contributed by atoms with Crippen LogP contribution in [0.3, 0.4) is 0 Å². The fraction of sp³-hybridized carbons (Fsp3) is 0.387. The van der Waals surface area contributed by atoms with E-state index >= 15 is 0 Å². The van der Waals surface area contributed by atoms with Crippen molar-refractivity contribution in [3.63, 3.8) is 0 Å². The molecule has 4 rings (SSSR count). The topological polar surface area (TPSA) is 66.0 Å². The number of ether oxygens (including phenoxy) is 1. The van der Waals surface area contributed by atoms with Crippen LogP contribution < -0.4 is 14.5 Å². The maximum atomic E-state index is 13.0. The lowest BCUT2D eigenvalue weighted by Crippen LogP contribution is -2.46. The van der Waals surface area contributed by atoms with Crippen molar-refractivity contribution in [3.05, 3.63) is 83.7 Å².